The maximum atomic E-state index is 12.9. The molecule has 1 aliphatic rings. The van der Waals surface area contributed by atoms with Crippen LogP contribution in [-0.2, 0) is 11.2 Å². The summed E-state index contributed by atoms with van der Waals surface area (Å²) in [7, 11) is 1.66. The lowest BCUT2D eigenvalue weighted by Crippen LogP contribution is -2.35. The largest absolute Gasteiger partial charge is 0.482 e. The molecule has 1 aromatic carbocycles. The van der Waals surface area contributed by atoms with Gasteiger partial charge in [0.15, 0.2) is 17.5 Å². The smallest absolute Gasteiger partial charge is 0.264 e. The molecule has 1 aliphatic heterocycles. The minimum atomic E-state index is -0.451. The van der Waals surface area contributed by atoms with E-state index in [1.54, 1.807) is 32.2 Å². The second-order valence-corrected chi connectivity index (χ2v) is 8.02. The molecule has 2 heterocycles. The highest BCUT2D eigenvalue weighted by atomic mass is 32.2. The lowest BCUT2D eigenvalue weighted by atomic mass is 10.1. The molecule has 0 fully saturated rings. The number of thioether (sulfide) groups is 1. The summed E-state index contributed by atoms with van der Waals surface area (Å²) in [5, 5.41) is -0.0128. The molecule has 0 radical (unpaired) electrons. The highest BCUT2D eigenvalue weighted by molar-refractivity contribution is 8.00. The number of ether oxygens (including phenoxy) is 1. The van der Waals surface area contributed by atoms with Crippen LogP contribution in [0.25, 0.3) is 0 Å². The summed E-state index contributed by atoms with van der Waals surface area (Å²) in [5.74, 6) is 0.305. The van der Waals surface area contributed by atoms with Crippen molar-refractivity contribution in [3.8, 4) is 5.75 Å². The van der Waals surface area contributed by atoms with Crippen LogP contribution in [0.4, 0.5) is 5.69 Å². The van der Waals surface area contributed by atoms with E-state index in [2.05, 4.69) is 16.9 Å². The number of ketones is 1. The van der Waals surface area contributed by atoms with Crippen LogP contribution >= 0.6 is 11.8 Å². The van der Waals surface area contributed by atoms with Crippen molar-refractivity contribution in [1.29, 1.82) is 0 Å². The number of nitrogens with zero attached hydrogens (tertiary/aromatic N) is 2. The van der Waals surface area contributed by atoms with Crippen molar-refractivity contribution in [1.82, 2.24) is 9.97 Å². The molecule has 2 aromatic rings. The van der Waals surface area contributed by atoms with E-state index in [1.807, 2.05) is 0 Å². The van der Waals surface area contributed by atoms with Gasteiger partial charge in [-0.05, 0) is 38.0 Å². The molecule has 7 nitrogen and oxygen atoms in total. The fraction of sp³-hybridized carbons (Fsp3) is 0.400. The van der Waals surface area contributed by atoms with Crippen LogP contribution in [0.5, 0.6) is 5.75 Å². The number of aromatic nitrogens is 2. The molecule has 1 unspecified atom stereocenters. The molecule has 28 heavy (non-hydrogen) atoms. The average Bonchev–Trinajstić information content (AvgIpc) is 2.68. The Morgan fingerprint density at radius 3 is 2.89 bits per heavy atom. The minimum Gasteiger partial charge on any atom is -0.482 e. The summed E-state index contributed by atoms with van der Waals surface area (Å²) in [6.07, 6.45) is 2.71. The zero-order valence-electron chi connectivity index (χ0n) is 16.2. The van der Waals surface area contributed by atoms with Crippen molar-refractivity contribution in [2.75, 3.05) is 18.6 Å². The Bertz CT molecular complexity index is 957. The SMILES string of the molecule is CCCCc1cc(=O)[nH]c(SC(C)C(=O)c2ccc3c(c2)N(C)C(=O)CO3)n1. The minimum absolute atomic E-state index is 0.00352. The molecule has 0 bridgehead atoms. The van der Waals surface area contributed by atoms with Gasteiger partial charge in [-0.1, -0.05) is 25.1 Å². The molecule has 3 rings (SSSR count). The van der Waals surface area contributed by atoms with E-state index in [0.29, 0.717) is 22.2 Å². The van der Waals surface area contributed by atoms with Crippen molar-refractivity contribution in [2.45, 2.75) is 43.5 Å². The molecule has 1 N–H and O–H groups in total. The number of amides is 1. The lowest BCUT2D eigenvalue weighted by Gasteiger charge is -2.26. The molecule has 0 spiro atoms. The van der Waals surface area contributed by atoms with E-state index in [-0.39, 0.29) is 23.9 Å². The number of nitrogens with one attached hydrogen (secondary N) is 1. The number of aromatic amines is 1. The van der Waals surface area contributed by atoms with Gasteiger partial charge < -0.3 is 14.6 Å². The number of rotatable bonds is 7. The van der Waals surface area contributed by atoms with Crippen LogP contribution in [0.2, 0.25) is 0 Å². The van der Waals surface area contributed by atoms with Crippen LogP contribution in [0.3, 0.4) is 0 Å². The maximum absolute atomic E-state index is 12.9. The summed E-state index contributed by atoms with van der Waals surface area (Å²) >= 11 is 1.22. The van der Waals surface area contributed by atoms with Crippen molar-refractivity contribution in [2.24, 2.45) is 0 Å². The standard InChI is InChI=1S/C20H23N3O4S/c1-4-5-6-14-10-17(24)22-20(21-14)28-12(2)19(26)13-7-8-16-15(9-13)23(3)18(25)11-27-16/h7-10,12H,4-6,11H2,1-3H3,(H,21,22,24). The third-order valence-electron chi connectivity index (χ3n) is 4.55. The molecule has 0 aliphatic carbocycles. The Morgan fingerprint density at radius 2 is 2.14 bits per heavy atom. The number of H-pyrrole nitrogens is 1. The topological polar surface area (TPSA) is 92.4 Å². The van der Waals surface area contributed by atoms with Crippen molar-refractivity contribution >= 4 is 29.1 Å². The van der Waals surface area contributed by atoms with Crippen molar-refractivity contribution in [3.05, 3.63) is 45.9 Å². The number of aryl methyl sites for hydroxylation is 1. The van der Waals surface area contributed by atoms with Gasteiger partial charge in [-0.2, -0.15) is 0 Å². The van der Waals surface area contributed by atoms with Gasteiger partial charge in [-0.15, -0.1) is 0 Å². The number of carbonyl (C=O) groups excluding carboxylic acids is 2. The molecule has 0 saturated carbocycles. The monoisotopic (exact) mass is 401 g/mol. The second-order valence-electron chi connectivity index (χ2n) is 6.69. The number of fused-ring (bicyclic) bond motifs is 1. The van der Waals surface area contributed by atoms with Gasteiger partial charge in [0.1, 0.15) is 5.75 Å². The van der Waals surface area contributed by atoms with Gasteiger partial charge >= 0.3 is 0 Å². The third kappa shape index (κ3) is 4.44. The summed E-state index contributed by atoms with van der Waals surface area (Å²) in [5.41, 5.74) is 1.58. The fourth-order valence-electron chi connectivity index (χ4n) is 2.91. The quantitative estimate of drug-likeness (QED) is 0.436. The molecule has 0 saturated heterocycles. The Morgan fingerprint density at radius 1 is 1.36 bits per heavy atom. The van der Waals surface area contributed by atoms with Crippen molar-refractivity contribution in [3.63, 3.8) is 0 Å². The summed E-state index contributed by atoms with van der Waals surface area (Å²) < 4.78 is 5.40. The zero-order valence-corrected chi connectivity index (χ0v) is 17.0. The number of carbonyl (C=O) groups is 2. The van der Waals surface area contributed by atoms with Gasteiger partial charge in [-0.25, -0.2) is 4.98 Å². The number of anilines is 1. The molecule has 1 aromatic heterocycles. The highest BCUT2D eigenvalue weighted by Crippen LogP contribution is 2.33. The van der Waals surface area contributed by atoms with Gasteiger partial charge in [0.25, 0.3) is 11.5 Å². The van der Waals surface area contributed by atoms with Crippen LogP contribution < -0.4 is 15.2 Å². The normalized spacial score (nSPS) is 14.4. The molecule has 148 valence electrons. The van der Waals surface area contributed by atoms with Crippen LogP contribution in [0, 0.1) is 0 Å². The molecule has 1 atom stereocenters. The van der Waals surface area contributed by atoms with Gasteiger partial charge in [0.2, 0.25) is 0 Å². The average molecular weight is 401 g/mol. The van der Waals surface area contributed by atoms with Crippen LogP contribution in [0.15, 0.2) is 34.2 Å². The van der Waals surface area contributed by atoms with Gasteiger partial charge in [0, 0.05) is 24.4 Å². The number of hydrogen-bond donors (Lipinski definition) is 1. The Hall–Kier alpha value is -2.61. The van der Waals surface area contributed by atoms with Crippen molar-refractivity contribution < 1.29 is 14.3 Å². The molecular weight excluding hydrogens is 378 g/mol. The van der Waals surface area contributed by atoms with Gasteiger partial charge in [-0.3, -0.25) is 14.4 Å². The molecular formula is C20H23N3O4S. The number of Topliss-reactive ketones (excluding diaryl/α,β-unsaturated/α-hetero) is 1. The number of benzene rings is 1. The Balaban J connectivity index is 1.77. The Labute approximate surface area is 167 Å². The van der Waals surface area contributed by atoms with E-state index in [9.17, 15) is 14.4 Å². The predicted octanol–water partition coefficient (Wildman–Crippen LogP) is 2.83. The van der Waals surface area contributed by atoms with E-state index in [4.69, 9.17) is 4.74 Å². The first-order chi connectivity index (χ1) is 13.4. The van der Waals surface area contributed by atoms with E-state index in [0.717, 1.165) is 25.0 Å². The van der Waals surface area contributed by atoms with Crippen LogP contribution in [-0.4, -0.2) is 40.6 Å². The molecule has 8 heteroatoms. The number of unbranched alkanes of at least 4 members (excludes halogenated alkanes) is 1. The second kappa shape index (κ2) is 8.60. The number of likely N-dealkylation sites (N-methyl/N-ethyl adjacent to an activating group) is 1. The van der Waals surface area contributed by atoms with Crippen LogP contribution in [0.1, 0.15) is 42.7 Å². The molecule has 1 amide bonds. The maximum Gasteiger partial charge on any atom is 0.264 e. The summed E-state index contributed by atoms with van der Waals surface area (Å²) in [4.78, 5) is 45.2. The van der Waals surface area contributed by atoms with Gasteiger partial charge in [0.05, 0.1) is 10.9 Å². The highest BCUT2D eigenvalue weighted by Gasteiger charge is 2.25. The summed E-state index contributed by atoms with van der Waals surface area (Å²) in [6, 6.07) is 6.56. The fourth-order valence-corrected chi connectivity index (χ4v) is 3.81. The summed E-state index contributed by atoms with van der Waals surface area (Å²) in [6.45, 7) is 3.85. The lowest BCUT2D eigenvalue weighted by molar-refractivity contribution is -0.120. The predicted molar refractivity (Wildman–Crippen MR) is 108 cm³/mol. The Kier molecular flexibility index (Phi) is 6.18. The first kappa shape index (κ1) is 20.1. The first-order valence-electron chi connectivity index (χ1n) is 9.23. The van der Waals surface area contributed by atoms with E-state index >= 15 is 0 Å². The third-order valence-corrected chi connectivity index (χ3v) is 5.53. The van der Waals surface area contributed by atoms with E-state index < -0.39 is 5.25 Å². The first-order valence-corrected chi connectivity index (χ1v) is 10.1. The van der Waals surface area contributed by atoms with E-state index in [1.165, 1.54) is 22.7 Å². The zero-order chi connectivity index (χ0) is 20.3. The number of hydrogen-bond acceptors (Lipinski definition) is 6.